The third-order valence-electron chi connectivity index (χ3n) is 3.58. The molecule has 26 heavy (non-hydrogen) atoms. The monoisotopic (exact) mass is 353 g/mol. The molecule has 0 fully saturated rings. The van der Waals surface area contributed by atoms with Gasteiger partial charge in [0.25, 0.3) is 5.69 Å². The van der Waals surface area contributed by atoms with E-state index in [1.165, 1.54) is 29.2 Å². The van der Waals surface area contributed by atoms with Gasteiger partial charge >= 0.3 is 0 Å². The summed E-state index contributed by atoms with van der Waals surface area (Å²) in [5, 5.41) is 13.4. The van der Waals surface area contributed by atoms with Crippen LogP contribution >= 0.6 is 0 Å². The van der Waals surface area contributed by atoms with E-state index in [-0.39, 0.29) is 17.5 Å². The second-order valence-electron chi connectivity index (χ2n) is 5.84. The molecule has 2 amide bonds. The summed E-state index contributed by atoms with van der Waals surface area (Å²) in [5.74, 6) is -0.352. The molecular weight excluding hydrogens is 334 g/mol. The highest BCUT2D eigenvalue weighted by Gasteiger charge is 2.06. The lowest BCUT2D eigenvalue weighted by molar-refractivity contribution is -0.384. The first-order valence-electron chi connectivity index (χ1n) is 7.88. The smallest absolute Gasteiger partial charge is 0.270 e. The zero-order valence-corrected chi connectivity index (χ0v) is 14.5. The summed E-state index contributed by atoms with van der Waals surface area (Å²) in [5.41, 5.74) is 1.98. The molecule has 0 spiro atoms. The van der Waals surface area contributed by atoms with Crippen molar-refractivity contribution in [2.24, 2.45) is 0 Å². The first-order valence-corrected chi connectivity index (χ1v) is 7.88. The summed E-state index contributed by atoms with van der Waals surface area (Å²) in [6, 6.07) is 13.0. The minimum Gasteiger partial charge on any atom is -0.349 e. The summed E-state index contributed by atoms with van der Waals surface area (Å²) < 4.78 is 0. The maximum absolute atomic E-state index is 12.0. The molecule has 0 heterocycles. The van der Waals surface area contributed by atoms with Gasteiger partial charge in [-0.05, 0) is 29.3 Å². The summed E-state index contributed by atoms with van der Waals surface area (Å²) in [6.45, 7) is 0. The Morgan fingerprint density at radius 3 is 2.46 bits per heavy atom. The maximum Gasteiger partial charge on any atom is 0.270 e. The molecule has 0 atom stereocenters. The number of nitrogens with one attached hydrogen (secondary N) is 1. The van der Waals surface area contributed by atoms with Crippen LogP contribution in [-0.4, -0.2) is 35.7 Å². The number of amides is 2. The Hall–Kier alpha value is -3.48. The van der Waals surface area contributed by atoms with Gasteiger partial charge in [0.1, 0.15) is 0 Å². The quantitative estimate of drug-likeness (QED) is 0.491. The zero-order chi connectivity index (χ0) is 19.1. The molecule has 0 aliphatic heterocycles. The average molecular weight is 353 g/mol. The van der Waals surface area contributed by atoms with Gasteiger partial charge in [0, 0.05) is 38.0 Å². The topological polar surface area (TPSA) is 92.6 Å². The predicted octanol–water partition coefficient (Wildman–Crippen LogP) is 2.88. The van der Waals surface area contributed by atoms with Crippen molar-refractivity contribution in [3.05, 3.63) is 75.8 Å². The van der Waals surface area contributed by atoms with Crippen LogP contribution in [0.5, 0.6) is 0 Å². The lowest BCUT2D eigenvalue weighted by Crippen LogP contribution is -2.23. The van der Waals surface area contributed by atoms with Crippen molar-refractivity contribution in [3.63, 3.8) is 0 Å². The number of likely N-dealkylation sites (N-methyl/N-ethyl adjacent to an activating group) is 1. The van der Waals surface area contributed by atoms with Crippen LogP contribution in [0.2, 0.25) is 0 Å². The number of rotatable bonds is 6. The third kappa shape index (κ3) is 5.55. The molecule has 7 nitrogen and oxygen atoms in total. The predicted molar refractivity (Wildman–Crippen MR) is 99.6 cm³/mol. The van der Waals surface area contributed by atoms with Gasteiger partial charge in [-0.25, -0.2) is 0 Å². The Labute approximate surface area is 151 Å². The highest BCUT2D eigenvalue weighted by molar-refractivity contribution is 6.02. The number of non-ortho nitro benzene ring substituents is 1. The molecule has 2 aromatic carbocycles. The Balaban J connectivity index is 1.96. The normalized spacial score (nSPS) is 10.5. The fourth-order valence-corrected chi connectivity index (χ4v) is 2.14. The molecule has 0 unspecified atom stereocenters. The number of nitro benzene ring substituents is 1. The van der Waals surface area contributed by atoms with Gasteiger partial charge in [0.2, 0.25) is 11.8 Å². The molecule has 0 saturated heterocycles. The first-order chi connectivity index (χ1) is 12.3. The largest absolute Gasteiger partial charge is 0.349 e. The van der Waals surface area contributed by atoms with Crippen molar-refractivity contribution in [1.29, 1.82) is 0 Å². The van der Waals surface area contributed by atoms with E-state index in [4.69, 9.17) is 0 Å². The fourth-order valence-electron chi connectivity index (χ4n) is 2.14. The van der Waals surface area contributed by atoms with Crippen LogP contribution in [0.1, 0.15) is 11.1 Å². The molecule has 0 radical (unpaired) electrons. The van der Waals surface area contributed by atoms with Gasteiger partial charge in [-0.2, -0.15) is 0 Å². The van der Waals surface area contributed by atoms with Gasteiger partial charge in [-0.3, -0.25) is 19.7 Å². The second kappa shape index (κ2) is 8.57. The molecule has 0 saturated carbocycles. The fraction of sp³-hybridized carbons (Fsp3) is 0.158. The molecule has 2 aromatic rings. The molecular formula is C19H19N3O4. The number of nitrogens with zero attached hydrogens (tertiary/aromatic N) is 2. The lowest BCUT2D eigenvalue weighted by Gasteiger charge is -2.10. The lowest BCUT2D eigenvalue weighted by atomic mass is 10.1. The zero-order valence-electron chi connectivity index (χ0n) is 14.5. The van der Waals surface area contributed by atoms with Gasteiger partial charge in [0.05, 0.1) is 11.3 Å². The van der Waals surface area contributed by atoms with E-state index < -0.39 is 4.92 Å². The van der Waals surface area contributed by atoms with E-state index >= 15 is 0 Å². The van der Waals surface area contributed by atoms with Crippen molar-refractivity contribution in [2.75, 3.05) is 19.4 Å². The number of hydrogen-bond acceptors (Lipinski definition) is 4. The number of nitro groups is 1. The number of benzene rings is 2. The Morgan fingerprint density at radius 1 is 1.15 bits per heavy atom. The Kier molecular flexibility index (Phi) is 6.21. The number of carbonyl (C=O) groups is 2. The summed E-state index contributed by atoms with van der Waals surface area (Å²) in [4.78, 5) is 35.4. The standard InChI is InChI=1S/C19H19N3O4/c1-21(2)19(24)13-15-6-9-16(10-7-15)20-18(23)11-8-14-4-3-5-17(12-14)22(25)26/h3-12H,13H2,1-2H3,(H,20,23)/b11-8+. The van der Waals surface area contributed by atoms with E-state index in [1.54, 1.807) is 50.5 Å². The van der Waals surface area contributed by atoms with Gasteiger partial charge < -0.3 is 10.2 Å². The van der Waals surface area contributed by atoms with Crippen molar-refractivity contribution in [2.45, 2.75) is 6.42 Å². The van der Waals surface area contributed by atoms with Crippen LogP contribution in [0.25, 0.3) is 6.08 Å². The van der Waals surface area contributed by atoms with Crippen LogP contribution in [-0.2, 0) is 16.0 Å². The molecule has 2 rings (SSSR count). The summed E-state index contributed by atoms with van der Waals surface area (Å²) in [6.07, 6.45) is 3.11. The highest BCUT2D eigenvalue weighted by atomic mass is 16.6. The van der Waals surface area contributed by atoms with E-state index in [2.05, 4.69) is 5.32 Å². The Morgan fingerprint density at radius 2 is 1.85 bits per heavy atom. The van der Waals surface area contributed by atoms with Crippen molar-refractivity contribution in [3.8, 4) is 0 Å². The molecule has 0 aliphatic rings. The van der Waals surface area contributed by atoms with Crippen molar-refractivity contribution >= 4 is 29.3 Å². The molecule has 134 valence electrons. The van der Waals surface area contributed by atoms with E-state index in [9.17, 15) is 19.7 Å². The molecule has 0 bridgehead atoms. The number of hydrogen-bond donors (Lipinski definition) is 1. The van der Waals surface area contributed by atoms with E-state index in [0.717, 1.165) is 5.56 Å². The SMILES string of the molecule is CN(C)C(=O)Cc1ccc(NC(=O)/C=C/c2cccc([N+](=O)[O-])c2)cc1. The number of anilines is 1. The van der Waals surface area contributed by atoms with Gasteiger partial charge in [-0.1, -0.05) is 24.3 Å². The van der Waals surface area contributed by atoms with E-state index in [1.807, 2.05) is 0 Å². The van der Waals surface area contributed by atoms with Crippen LogP contribution < -0.4 is 5.32 Å². The third-order valence-corrected chi connectivity index (χ3v) is 3.58. The molecule has 1 N–H and O–H groups in total. The molecule has 0 aliphatic carbocycles. The van der Waals surface area contributed by atoms with E-state index in [0.29, 0.717) is 17.7 Å². The highest BCUT2D eigenvalue weighted by Crippen LogP contribution is 2.15. The number of carbonyl (C=O) groups excluding carboxylic acids is 2. The second-order valence-corrected chi connectivity index (χ2v) is 5.84. The Bertz CT molecular complexity index is 842. The summed E-state index contributed by atoms with van der Waals surface area (Å²) in [7, 11) is 3.40. The van der Waals surface area contributed by atoms with Crippen molar-refractivity contribution in [1.82, 2.24) is 4.90 Å². The minimum absolute atomic E-state index is 0.00155. The molecule has 0 aromatic heterocycles. The average Bonchev–Trinajstić information content (AvgIpc) is 2.61. The first kappa shape index (κ1) is 18.9. The van der Waals surface area contributed by atoms with Crippen LogP contribution in [0, 0.1) is 10.1 Å². The van der Waals surface area contributed by atoms with Crippen LogP contribution in [0.4, 0.5) is 11.4 Å². The maximum atomic E-state index is 12.0. The molecule has 7 heteroatoms. The van der Waals surface area contributed by atoms with Crippen LogP contribution in [0.3, 0.4) is 0 Å². The minimum atomic E-state index is -0.486. The van der Waals surface area contributed by atoms with Gasteiger partial charge in [0.15, 0.2) is 0 Å². The van der Waals surface area contributed by atoms with Gasteiger partial charge in [-0.15, -0.1) is 0 Å². The van der Waals surface area contributed by atoms with Crippen molar-refractivity contribution < 1.29 is 14.5 Å². The van der Waals surface area contributed by atoms with Crippen LogP contribution in [0.15, 0.2) is 54.6 Å². The summed E-state index contributed by atoms with van der Waals surface area (Å²) >= 11 is 0.